The number of aliphatic hydroxyl groups excluding tert-OH is 1. The van der Waals surface area contributed by atoms with E-state index in [1.807, 2.05) is 0 Å². The highest BCUT2D eigenvalue weighted by Crippen LogP contribution is 2.15. The molecule has 1 saturated heterocycles. The largest absolute Gasteiger partial charge is 0.396 e. The van der Waals surface area contributed by atoms with Gasteiger partial charge in [0, 0.05) is 18.9 Å². The lowest BCUT2D eigenvalue weighted by Gasteiger charge is -2.30. The quantitative estimate of drug-likeness (QED) is 0.614. The van der Waals surface area contributed by atoms with Crippen LogP contribution in [0.5, 0.6) is 0 Å². The van der Waals surface area contributed by atoms with Gasteiger partial charge in [-0.3, -0.25) is 0 Å². The van der Waals surface area contributed by atoms with E-state index in [0.29, 0.717) is 12.5 Å². The highest BCUT2D eigenvalue weighted by Gasteiger charge is 2.16. The Balaban J connectivity index is 2.14. The van der Waals surface area contributed by atoms with Crippen molar-refractivity contribution in [3.63, 3.8) is 0 Å². The number of aliphatic hydroxyl groups is 1. The fourth-order valence-corrected chi connectivity index (χ4v) is 1.82. The summed E-state index contributed by atoms with van der Waals surface area (Å²) in [5, 5.41) is 8.87. The van der Waals surface area contributed by atoms with E-state index < -0.39 is 0 Å². The Labute approximate surface area is 74.0 Å². The van der Waals surface area contributed by atoms with Crippen LogP contribution >= 0.6 is 12.6 Å². The Morgan fingerprint density at radius 2 is 2.00 bits per heavy atom. The van der Waals surface area contributed by atoms with E-state index in [9.17, 15) is 0 Å². The molecule has 1 N–H and O–H groups in total. The smallest absolute Gasteiger partial charge is 0.0460 e. The van der Waals surface area contributed by atoms with Gasteiger partial charge in [0.05, 0.1) is 0 Å². The molecule has 1 fully saturated rings. The van der Waals surface area contributed by atoms with E-state index in [1.54, 1.807) is 0 Å². The van der Waals surface area contributed by atoms with Crippen molar-refractivity contribution in [3.05, 3.63) is 0 Å². The first-order valence-corrected chi connectivity index (χ1v) is 4.94. The summed E-state index contributed by atoms with van der Waals surface area (Å²) in [5.41, 5.74) is 0. The second kappa shape index (κ2) is 5.01. The summed E-state index contributed by atoms with van der Waals surface area (Å²) in [6.07, 6.45) is 2.31. The van der Waals surface area contributed by atoms with Crippen LogP contribution in [0.15, 0.2) is 0 Å². The molecule has 0 unspecified atom stereocenters. The molecular formula is C8H17NOS. The first kappa shape index (κ1) is 9.36. The van der Waals surface area contributed by atoms with Gasteiger partial charge in [-0.15, -0.1) is 0 Å². The SMILES string of the molecule is OCC1CCN(CCS)CC1. The molecule has 0 aromatic rings. The zero-order valence-corrected chi connectivity index (χ0v) is 7.76. The number of hydrogen-bond donors (Lipinski definition) is 2. The van der Waals surface area contributed by atoms with Crippen molar-refractivity contribution in [2.45, 2.75) is 12.8 Å². The van der Waals surface area contributed by atoms with Crippen LogP contribution in [0.3, 0.4) is 0 Å². The summed E-state index contributed by atoms with van der Waals surface area (Å²) >= 11 is 4.19. The number of piperidine rings is 1. The molecule has 0 amide bonds. The third-order valence-corrected chi connectivity index (χ3v) is 2.58. The maximum atomic E-state index is 8.87. The van der Waals surface area contributed by atoms with Crippen molar-refractivity contribution >= 4 is 12.6 Å². The zero-order chi connectivity index (χ0) is 8.10. The molecule has 1 aliphatic rings. The Kier molecular flexibility index (Phi) is 4.26. The zero-order valence-electron chi connectivity index (χ0n) is 6.87. The Morgan fingerprint density at radius 1 is 1.36 bits per heavy atom. The standard InChI is InChI=1S/C8H17NOS/c10-7-8-1-3-9(4-2-8)5-6-11/h8,10-11H,1-7H2. The minimum atomic E-state index is 0.370. The van der Waals surface area contributed by atoms with Gasteiger partial charge in [-0.25, -0.2) is 0 Å². The monoisotopic (exact) mass is 175 g/mol. The van der Waals surface area contributed by atoms with Crippen molar-refractivity contribution in [2.75, 3.05) is 32.0 Å². The fraction of sp³-hybridized carbons (Fsp3) is 1.00. The minimum Gasteiger partial charge on any atom is -0.396 e. The van der Waals surface area contributed by atoms with Crippen molar-refractivity contribution in [1.29, 1.82) is 0 Å². The Morgan fingerprint density at radius 3 is 2.45 bits per heavy atom. The van der Waals surface area contributed by atoms with Crippen LogP contribution < -0.4 is 0 Å². The maximum Gasteiger partial charge on any atom is 0.0460 e. The van der Waals surface area contributed by atoms with Gasteiger partial charge in [-0.05, 0) is 31.8 Å². The van der Waals surface area contributed by atoms with E-state index in [-0.39, 0.29) is 0 Å². The summed E-state index contributed by atoms with van der Waals surface area (Å²) in [4.78, 5) is 2.42. The van der Waals surface area contributed by atoms with Gasteiger partial charge in [0.1, 0.15) is 0 Å². The van der Waals surface area contributed by atoms with Crippen molar-refractivity contribution in [2.24, 2.45) is 5.92 Å². The molecule has 2 nitrogen and oxygen atoms in total. The molecule has 66 valence electrons. The summed E-state index contributed by atoms with van der Waals surface area (Å²) < 4.78 is 0. The summed E-state index contributed by atoms with van der Waals surface area (Å²) in [7, 11) is 0. The molecule has 0 aromatic carbocycles. The average Bonchev–Trinajstić information content (AvgIpc) is 2.07. The van der Waals surface area contributed by atoms with E-state index in [1.165, 1.54) is 0 Å². The Bertz CT molecular complexity index is 102. The topological polar surface area (TPSA) is 23.5 Å². The van der Waals surface area contributed by atoms with E-state index in [0.717, 1.165) is 38.2 Å². The number of hydrogen-bond acceptors (Lipinski definition) is 3. The van der Waals surface area contributed by atoms with Crippen LogP contribution in [0.2, 0.25) is 0 Å². The van der Waals surface area contributed by atoms with Crippen LogP contribution in [-0.2, 0) is 0 Å². The van der Waals surface area contributed by atoms with Gasteiger partial charge in [0.2, 0.25) is 0 Å². The fourth-order valence-electron chi connectivity index (χ4n) is 1.53. The van der Waals surface area contributed by atoms with Gasteiger partial charge in [0.25, 0.3) is 0 Å². The van der Waals surface area contributed by atoms with Crippen LogP contribution in [0.25, 0.3) is 0 Å². The highest BCUT2D eigenvalue weighted by molar-refractivity contribution is 7.80. The molecular weight excluding hydrogens is 158 g/mol. The molecule has 0 saturated carbocycles. The summed E-state index contributed by atoms with van der Waals surface area (Å²) in [6.45, 7) is 3.76. The highest BCUT2D eigenvalue weighted by atomic mass is 32.1. The third-order valence-electron chi connectivity index (χ3n) is 2.38. The number of nitrogens with zero attached hydrogens (tertiary/aromatic N) is 1. The molecule has 0 radical (unpaired) electrons. The second-order valence-electron chi connectivity index (χ2n) is 3.19. The van der Waals surface area contributed by atoms with Crippen molar-refractivity contribution in [1.82, 2.24) is 4.90 Å². The molecule has 0 bridgehead atoms. The molecule has 1 aliphatic heterocycles. The van der Waals surface area contributed by atoms with E-state index >= 15 is 0 Å². The number of likely N-dealkylation sites (tertiary alicyclic amines) is 1. The van der Waals surface area contributed by atoms with Crippen molar-refractivity contribution < 1.29 is 5.11 Å². The third kappa shape index (κ3) is 3.01. The van der Waals surface area contributed by atoms with Gasteiger partial charge in [-0.1, -0.05) is 0 Å². The van der Waals surface area contributed by atoms with Gasteiger partial charge in [-0.2, -0.15) is 12.6 Å². The first-order chi connectivity index (χ1) is 5.36. The van der Waals surface area contributed by atoms with Crippen molar-refractivity contribution in [3.8, 4) is 0 Å². The predicted molar refractivity (Wildman–Crippen MR) is 50.1 cm³/mol. The van der Waals surface area contributed by atoms with Crippen LogP contribution in [0.1, 0.15) is 12.8 Å². The molecule has 0 aromatic heterocycles. The molecule has 11 heavy (non-hydrogen) atoms. The molecule has 1 rings (SSSR count). The maximum absolute atomic E-state index is 8.87. The van der Waals surface area contributed by atoms with Gasteiger partial charge >= 0.3 is 0 Å². The normalized spacial score (nSPS) is 22.4. The molecule has 1 heterocycles. The van der Waals surface area contributed by atoms with E-state index in [4.69, 9.17) is 5.11 Å². The second-order valence-corrected chi connectivity index (χ2v) is 3.64. The summed E-state index contributed by atoms with van der Waals surface area (Å²) in [5.74, 6) is 1.51. The lowest BCUT2D eigenvalue weighted by molar-refractivity contribution is 0.136. The molecule has 0 spiro atoms. The minimum absolute atomic E-state index is 0.370. The van der Waals surface area contributed by atoms with Crippen LogP contribution in [0.4, 0.5) is 0 Å². The average molecular weight is 175 g/mol. The van der Waals surface area contributed by atoms with Crippen LogP contribution in [-0.4, -0.2) is 42.0 Å². The number of thiol groups is 1. The molecule has 0 atom stereocenters. The first-order valence-electron chi connectivity index (χ1n) is 4.31. The lowest BCUT2D eigenvalue weighted by atomic mass is 9.98. The van der Waals surface area contributed by atoms with Gasteiger partial charge in [0.15, 0.2) is 0 Å². The predicted octanol–water partition coefficient (Wildman–Crippen LogP) is 0.620. The number of rotatable bonds is 3. The Hall–Kier alpha value is 0.270. The lowest BCUT2D eigenvalue weighted by Crippen LogP contribution is -2.35. The molecule has 3 heteroatoms. The van der Waals surface area contributed by atoms with E-state index in [2.05, 4.69) is 17.5 Å². The molecule has 0 aliphatic carbocycles. The summed E-state index contributed by atoms with van der Waals surface area (Å²) in [6, 6.07) is 0. The van der Waals surface area contributed by atoms with Crippen LogP contribution in [0, 0.1) is 5.92 Å². The van der Waals surface area contributed by atoms with Gasteiger partial charge < -0.3 is 10.0 Å².